The van der Waals surface area contributed by atoms with E-state index in [0.717, 1.165) is 33.3 Å². The lowest BCUT2D eigenvalue weighted by Gasteiger charge is -2.10. The van der Waals surface area contributed by atoms with Gasteiger partial charge in [-0.3, -0.25) is 4.79 Å². The third-order valence-corrected chi connectivity index (χ3v) is 5.33. The second-order valence-corrected chi connectivity index (χ2v) is 8.22. The number of methoxy groups -OCH3 is 1. The van der Waals surface area contributed by atoms with Crippen LogP contribution in [0, 0.1) is 5.95 Å². The fraction of sp³-hybridized carbons (Fsp3) is 0.192. The van der Waals surface area contributed by atoms with Gasteiger partial charge in [0.25, 0.3) is 0 Å². The molecule has 1 amide bonds. The standard InChI is InChI=1S/C26H26FN5O2/c1-31(2)9-5-6-25(33)30-20-10-18(11-21(14-20)34-4)19-12-22-23(16-32(3)26(22)29-15-19)17-7-8-28-24(27)13-17/h5-8,10-16H,9H2,1-4H3,(H,30,33)/b6-5+. The van der Waals surface area contributed by atoms with E-state index in [1.54, 1.807) is 31.5 Å². The third-order valence-electron chi connectivity index (χ3n) is 5.33. The highest BCUT2D eigenvalue weighted by Gasteiger charge is 2.13. The number of nitrogens with one attached hydrogen (secondary N) is 1. The maximum absolute atomic E-state index is 13.8. The normalized spacial score (nSPS) is 11.5. The van der Waals surface area contributed by atoms with Crippen molar-refractivity contribution < 1.29 is 13.9 Å². The Morgan fingerprint density at radius 2 is 1.97 bits per heavy atom. The molecule has 0 spiro atoms. The monoisotopic (exact) mass is 459 g/mol. The van der Waals surface area contributed by atoms with Crippen molar-refractivity contribution >= 4 is 22.6 Å². The number of pyridine rings is 2. The molecule has 34 heavy (non-hydrogen) atoms. The molecule has 0 aliphatic carbocycles. The van der Waals surface area contributed by atoms with E-state index in [1.807, 2.05) is 55.0 Å². The van der Waals surface area contributed by atoms with Crippen LogP contribution in [-0.2, 0) is 11.8 Å². The zero-order chi connectivity index (χ0) is 24.2. The second-order valence-electron chi connectivity index (χ2n) is 8.22. The van der Waals surface area contributed by atoms with Gasteiger partial charge in [0, 0.05) is 72.6 Å². The van der Waals surface area contributed by atoms with Crippen LogP contribution in [-0.4, -0.2) is 53.1 Å². The molecule has 0 radical (unpaired) electrons. The Morgan fingerprint density at radius 3 is 2.71 bits per heavy atom. The van der Waals surface area contributed by atoms with E-state index >= 15 is 0 Å². The minimum absolute atomic E-state index is 0.223. The van der Waals surface area contributed by atoms with Crippen molar-refractivity contribution in [1.82, 2.24) is 19.4 Å². The molecule has 1 N–H and O–H groups in total. The average molecular weight is 460 g/mol. The van der Waals surface area contributed by atoms with E-state index < -0.39 is 5.95 Å². The predicted octanol–water partition coefficient (Wildman–Crippen LogP) is 4.51. The predicted molar refractivity (Wildman–Crippen MR) is 132 cm³/mol. The molecule has 3 aromatic heterocycles. The Balaban J connectivity index is 1.72. The quantitative estimate of drug-likeness (QED) is 0.325. The summed E-state index contributed by atoms with van der Waals surface area (Å²) in [5.74, 6) is -0.152. The summed E-state index contributed by atoms with van der Waals surface area (Å²) in [5.41, 5.74) is 4.64. The highest BCUT2D eigenvalue weighted by Crippen LogP contribution is 2.34. The molecule has 0 unspecified atom stereocenters. The van der Waals surface area contributed by atoms with Crippen LogP contribution in [0.5, 0.6) is 5.75 Å². The number of aromatic nitrogens is 3. The lowest BCUT2D eigenvalue weighted by atomic mass is 10.0. The van der Waals surface area contributed by atoms with E-state index in [9.17, 15) is 9.18 Å². The van der Waals surface area contributed by atoms with Gasteiger partial charge in [0.2, 0.25) is 11.9 Å². The summed E-state index contributed by atoms with van der Waals surface area (Å²) in [6.45, 7) is 0.670. The van der Waals surface area contributed by atoms with E-state index in [4.69, 9.17) is 4.74 Å². The molecule has 174 valence electrons. The van der Waals surface area contributed by atoms with Gasteiger partial charge in [-0.2, -0.15) is 4.39 Å². The number of ether oxygens (including phenoxy) is 1. The molecule has 8 heteroatoms. The van der Waals surface area contributed by atoms with Crippen molar-refractivity contribution in [2.75, 3.05) is 33.1 Å². The number of fused-ring (bicyclic) bond motifs is 1. The molecule has 0 fully saturated rings. The van der Waals surface area contributed by atoms with Gasteiger partial charge in [0.1, 0.15) is 11.4 Å². The number of benzene rings is 1. The summed E-state index contributed by atoms with van der Waals surface area (Å²) in [4.78, 5) is 22.6. The average Bonchev–Trinajstić information content (AvgIpc) is 3.14. The summed E-state index contributed by atoms with van der Waals surface area (Å²) in [6.07, 6.45) is 8.46. The van der Waals surface area contributed by atoms with Crippen molar-refractivity contribution in [3.8, 4) is 28.0 Å². The summed E-state index contributed by atoms with van der Waals surface area (Å²) < 4.78 is 21.1. The van der Waals surface area contributed by atoms with Crippen LogP contribution in [0.25, 0.3) is 33.3 Å². The van der Waals surface area contributed by atoms with Gasteiger partial charge in [-0.05, 0) is 49.5 Å². The Labute approximate surface area is 197 Å². The first-order chi connectivity index (χ1) is 16.3. The molecule has 0 atom stereocenters. The van der Waals surface area contributed by atoms with E-state index in [2.05, 4.69) is 15.3 Å². The first-order valence-corrected chi connectivity index (χ1v) is 10.7. The van der Waals surface area contributed by atoms with Crippen LogP contribution >= 0.6 is 0 Å². The number of hydrogen-bond acceptors (Lipinski definition) is 5. The molecule has 4 rings (SSSR count). The van der Waals surface area contributed by atoms with Crippen molar-refractivity contribution in [3.63, 3.8) is 0 Å². The molecular weight excluding hydrogens is 433 g/mol. The zero-order valence-corrected chi connectivity index (χ0v) is 19.5. The first kappa shape index (κ1) is 23.1. The van der Waals surface area contributed by atoms with Gasteiger partial charge in [-0.25, -0.2) is 9.97 Å². The van der Waals surface area contributed by atoms with Gasteiger partial charge >= 0.3 is 0 Å². The smallest absolute Gasteiger partial charge is 0.248 e. The topological polar surface area (TPSA) is 72.3 Å². The molecule has 0 aliphatic rings. The Morgan fingerprint density at radius 1 is 1.15 bits per heavy atom. The molecule has 4 aromatic rings. The highest BCUT2D eigenvalue weighted by molar-refractivity contribution is 6.00. The van der Waals surface area contributed by atoms with Crippen molar-refractivity contribution in [1.29, 1.82) is 0 Å². The van der Waals surface area contributed by atoms with Crippen LogP contribution in [0.15, 0.2) is 67.1 Å². The number of halogens is 1. The van der Waals surface area contributed by atoms with Crippen molar-refractivity contribution in [3.05, 3.63) is 73.1 Å². The summed E-state index contributed by atoms with van der Waals surface area (Å²) in [6, 6.07) is 10.7. The van der Waals surface area contributed by atoms with Crippen LogP contribution < -0.4 is 10.1 Å². The second kappa shape index (κ2) is 9.84. The SMILES string of the molecule is COc1cc(NC(=O)/C=C/CN(C)C)cc(-c2cnc3c(c2)c(-c2ccnc(F)c2)cn3C)c1. The molecule has 0 aliphatic heterocycles. The number of carbonyl (C=O) groups excluding carboxylic acids is 1. The zero-order valence-electron chi connectivity index (χ0n) is 19.5. The molecule has 3 heterocycles. The van der Waals surface area contributed by atoms with E-state index in [0.29, 0.717) is 18.0 Å². The maximum Gasteiger partial charge on any atom is 0.248 e. The molecule has 1 aromatic carbocycles. The fourth-order valence-corrected chi connectivity index (χ4v) is 3.73. The van der Waals surface area contributed by atoms with Gasteiger partial charge in [0.15, 0.2) is 0 Å². The van der Waals surface area contributed by atoms with Crippen LogP contribution in [0.1, 0.15) is 0 Å². The summed E-state index contributed by atoms with van der Waals surface area (Å²) >= 11 is 0. The largest absolute Gasteiger partial charge is 0.497 e. The van der Waals surface area contributed by atoms with Crippen LogP contribution in [0.3, 0.4) is 0 Å². The number of rotatable bonds is 7. The number of anilines is 1. The Bertz CT molecular complexity index is 1380. The Kier molecular flexibility index (Phi) is 6.70. The number of hydrogen-bond donors (Lipinski definition) is 1. The lowest BCUT2D eigenvalue weighted by Crippen LogP contribution is -2.13. The molecule has 0 saturated heterocycles. The third kappa shape index (κ3) is 5.13. The van der Waals surface area contributed by atoms with Crippen molar-refractivity contribution in [2.24, 2.45) is 7.05 Å². The fourth-order valence-electron chi connectivity index (χ4n) is 3.73. The number of nitrogens with zero attached hydrogens (tertiary/aromatic N) is 4. The van der Waals surface area contributed by atoms with Gasteiger partial charge in [-0.1, -0.05) is 6.08 Å². The van der Waals surface area contributed by atoms with Gasteiger partial charge in [-0.15, -0.1) is 0 Å². The minimum atomic E-state index is -0.536. The molecule has 0 saturated carbocycles. The summed E-state index contributed by atoms with van der Waals surface area (Å²) in [5, 5.41) is 3.77. The number of carbonyl (C=O) groups is 1. The molecule has 7 nitrogen and oxygen atoms in total. The molecule has 0 bridgehead atoms. The number of likely N-dealkylation sites (N-methyl/N-ethyl adjacent to an activating group) is 1. The minimum Gasteiger partial charge on any atom is -0.497 e. The summed E-state index contributed by atoms with van der Waals surface area (Å²) in [7, 11) is 7.35. The van der Waals surface area contributed by atoms with Gasteiger partial charge < -0.3 is 19.5 Å². The van der Waals surface area contributed by atoms with Crippen LogP contribution in [0.2, 0.25) is 0 Å². The highest BCUT2D eigenvalue weighted by atomic mass is 19.1. The maximum atomic E-state index is 13.8. The number of aryl methyl sites for hydroxylation is 1. The number of amides is 1. The van der Waals surface area contributed by atoms with E-state index in [1.165, 1.54) is 18.3 Å². The van der Waals surface area contributed by atoms with Crippen LogP contribution in [0.4, 0.5) is 10.1 Å². The van der Waals surface area contributed by atoms with E-state index in [-0.39, 0.29) is 5.91 Å². The van der Waals surface area contributed by atoms with Crippen molar-refractivity contribution in [2.45, 2.75) is 0 Å². The van der Waals surface area contributed by atoms with Gasteiger partial charge in [0.05, 0.1) is 7.11 Å². The molecular formula is C26H26FN5O2. The Hall–Kier alpha value is -4.04. The first-order valence-electron chi connectivity index (χ1n) is 10.7. The lowest BCUT2D eigenvalue weighted by molar-refractivity contribution is -0.111.